The Bertz CT molecular complexity index is 511. The van der Waals surface area contributed by atoms with Crippen LogP contribution in [0.4, 0.5) is 5.69 Å². The summed E-state index contributed by atoms with van der Waals surface area (Å²) in [5.74, 6) is 1.47. The molecule has 0 unspecified atom stereocenters. The SMILES string of the molecule is Cc1cc(C)cc(N(C)Cc2ccc(CO)o2)c1. The van der Waals surface area contributed by atoms with Gasteiger partial charge in [0.1, 0.15) is 18.1 Å². The van der Waals surface area contributed by atoms with E-state index in [1.807, 2.05) is 19.2 Å². The van der Waals surface area contributed by atoms with Gasteiger partial charge in [0.2, 0.25) is 0 Å². The highest BCUT2D eigenvalue weighted by Crippen LogP contribution is 2.20. The summed E-state index contributed by atoms with van der Waals surface area (Å²) in [5, 5.41) is 8.97. The van der Waals surface area contributed by atoms with Gasteiger partial charge >= 0.3 is 0 Å². The molecular formula is C15H19NO2. The van der Waals surface area contributed by atoms with E-state index in [2.05, 4.69) is 36.9 Å². The summed E-state index contributed by atoms with van der Waals surface area (Å²) in [6.45, 7) is 4.85. The zero-order valence-electron chi connectivity index (χ0n) is 11.1. The van der Waals surface area contributed by atoms with Crippen LogP contribution in [0, 0.1) is 13.8 Å². The fourth-order valence-electron chi connectivity index (χ4n) is 2.09. The van der Waals surface area contributed by atoms with Gasteiger partial charge in [-0.3, -0.25) is 0 Å². The molecule has 0 aliphatic heterocycles. The smallest absolute Gasteiger partial charge is 0.129 e. The molecule has 0 saturated carbocycles. The van der Waals surface area contributed by atoms with Gasteiger partial charge in [0.25, 0.3) is 0 Å². The summed E-state index contributed by atoms with van der Waals surface area (Å²) in [6.07, 6.45) is 0. The average Bonchev–Trinajstić information content (AvgIpc) is 2.75. The molecule has 0 spiro atoms. The van der Waals surface area contributed by atoms with E-state index < -0.39 is 0 Å². The van der Waals surface area contributed by atoms with Crippen LogP contribution in [0.1, 0.15) is 22.6 Å². The van der Waals surface area contributed by atoms with Crippen LogP contribution in [0.3, 0.4) is 0 Å². The highest BCUT2D eigenvalue weighted by molar-refractivity contribution is 5.50. The number of anilines is 1. The number of furan rings is 1. The van der Waals surface area contributed by atoms with Crippen molar-refractivity contribution in [3.8, 4) is 0 Å². The average molecular weight is 245 g/mol. The molecule has 0 aliphatic rings. The van der Waals surface area contributed by atoms with Gasteiger partial charge in [-0.2, -0.15) is 0 Å². The van der Waals surface area contributed by atoms with E-state index in [4.69, 9.17) is 9.52 Å². The van der Waals surface area contributed by atoms with Gasteiger partial charge in [0.05, 0.1) is 6.54 Å². The first kappa shape index (κ1) is 12.7. The standard InChI is InChI=1S/C15H19NO2/c1-11-6-12(2)8-13(7-11)16(3)9-14-4-5-15(10-17)18-14/h4-8,17H,9-10H2,1-3H3. The molecule has 0 fully saturated rings. The van der Waals surface area contributed by atoms with E-state index in [-0.39, 0.29) is 6.61 Å². The van der Waals surface area contributed by atoms with Gasteiger partial charge in [0, 0.05) is 12.7 Å². The van der Waals surface area contributed by atoms with E-state index in [9.17, 15) is 0 Å². The number of aliphatic hydroxyl groups excluding tert-OH is 1. The van der Waals surface area contributed by atoms with E-state index >= 15 is 0 Å². The Morgan fingerprint density at radius 2 is 1.67 bits per heavy atom. The zero-order valence-corrected chi connectivity index (χ0v) is 11.1. The highest BCUT2D eigenvalue weighted by atomic mass is 16.4. The molecule has 1 heterocycles. The van der Waals surface area contributed by atoms with Crippen LogP contribution in [-0.2, 0) is 13.2 Å². The quantitative estimate of drug-likeness (QED) is 0.899. The van der Waals surface area contributed by atoms with Crippen molar-refractivity contribution in [2.45, 2.75) is 27.0 Å². The molecule has 1 aromatic carbocycles. The van der Waals surface area contributed by atoms with Crippen LogP contribution in [0.15, 0.2) is 34.7 Å². The summed E-state index contributed by atoms with van der Waals surface area (Å²) < 4.78 is 5.49. The van der Waals surface area contributed by atoms with Crippen LogP contribution < -0.4 is 4.90 Å². The molecule has 0 aliphatic carbocycles. The van der Waals surface area contributed by atoms with Crippen molar-refractivity contribution < 1.29 is 9.52 Å². The van der Waals surface area contributed by atoms with Crippen molar-refractivity contribution in [2.24, 2.45) is 0 Å². The number of hydrogen-bond acceptors (Lipinski definition) is 3. The van der Waals surface area contributed by atoms with Crippen LogP contribution in [0.5, 0.6) is 0 Å². The van der Waals surface area contributed by atoms with E-state index in [1.165, 1.54) is 16.8 Å². The molecule has 0 amide bonds. The third kappa shape index (κ3) is 2.93. The van der Waals surface area contributed by atoms with Gasteiger partial charge in [-0.15, -0.1) is 0 Å². The number of nitrogens with zero attached hydrogens (tertiary/aromatic N) is 1. The maximum absolute atomic E-state index is 8.97. The topological polar surface area (TPSA) is 36.6 Å². The third-order valence-corrected chi connectivity index (χ3v) is 2.91. The third-order valence-electron chi connectivity index (χ3n) is 2.91. The maximum Gasteiger partial charge on any atom is 0.129 e. The van der Waals surface area contributed by atoms with Crippen molar-refractivity contribution in [1.29, 1.82) is 0 Å². The van der Waals surface area contributed by atoms with Crippen molar-refractivity contribution in [3.05, 3.63) is 53.0 Å². The molecular weight excluding hydrogens is 226 g/mol. The summed E-state index contributed by atoms with van der Waals surface area (Å²) in [7, 11) is 2.04. The molecule has 1 aromatic heterocycles. The second kappa shape index (κ2) is 5.27. The Kier molecular flexibility index (Phi) is 3.72. The van der Waals surface area contributed by atoms with Gasteiger partial charge in [-0.1, -0.05) is 6.07 Å². The lowest BCUT2D eigenvalue weighted by molar-refractivity contribution is 0.243. The Morgan fingerprint density at radius 3 is 2.22 bits per heavy atom. The molecule has 18 heavy (non-hydrogen) atoms. The predicted molar refractivity (Wildman–Crippen MR) is 72.7 cm³/mol. The first-order valence-corrected chi connectivity index (χ1v) is 6.06. The molecule has 1 N–H and O–H groups in total. The Balaban J connectivity index is 2.13. The van der Waals surface area contributed by atoms with Crippen molar-refractivity contribution in [3.63, 3.8) is 0 Å². The second-order valence-electron chi connectivity index (χ2n) is 4.73. The largest absolute Gasteiger partial charge is 0.462 e. The molecule has 2 aromatic rings. The summed E-state index contributed by atoms with van der Waals surface area (Å²) in [5.41, 5.74) is 3.69. The minimum Gasteiger partial charge on any atom is -0.462 e. The van der Waals surface area contributed by atoms with E-state index in [0.29, 0.717) is 12.3 Å². The number of aliphatic hydroxyl groups is 1. The molecule has 0 atom stereocenters. The van der Waals surface area contributed by atoms with Crippen LogP contribution in [-0.4, -0.2) is 12.2 Å². The fraction of sp³-hybridized carbons (Fsp3) is 0.333. The monoisotopic (exact) mass is 245 g/mol. The molecule has 2 rings (SSSR count). The number of benzene rings is 1. The van der Waals surface area contributed by atoms with Gasteiger partial charge < -0.3 is 14.4 Å². The normalized spacial score (nSPS) is 10.7. The number of aryl methyl sites for hydroxylation is 2. The van der Waals surface area contributed by atoms with Crippen molar-refractivity contribution in [1.82, 2.24) is 0 Å². The maximum atomic E-state index is 8.97. The van der Waals surface area contributed by atoms with Crippen LogP contribution >= 0.6 is 0 Å². The summed E-state index contributed by atoms with van der Waals surface area (Å²) in [6, 6.07) is 10.2. The fourth-order valence-corrected chi connectivity index (χ4v) is 2.09. The minimum atomic E-state index is -0.0483. The first-order valence-electron chi connectivity index (χ1n) is 6.06. The lowest BCUT2D eigenvalue weighted by Gasteiger charge is -2.19. The van der Waals surface area contributed by atoms with Crippen LogP contribution in [0.25, 0.3) is 0 Å². The summed E-state index contributed by atoms with van der Waals surface area (Å²) in [4.78, 5) is 2.14. The first-order chi connectivity index (χ1) is 8.58. The molecule has 0 bridgehead atoms. The van der Waals surface area contributed by atoms with Crippen LogP contribution in [0.2, 0.25) is 0 Å². The van der Waals surface area contributed by atoms with Gasteiger partial charge in [-0.25, -0.2) is 0 Å². The number of hydrogen-bond donors (Lipinski definition) is 1. The number of rotatable bonds is 4. The Labute approximate surface area is 108 Å². The highest BCUT2D eigenvalue weighted by Gasteiger charge is 2.07. The minimum absolute atomic E-state index is 0.0483. The zero-order chi connectivity index (χ0) is 13.1. The molecule has 96 valence electrons. The predicted octanol–water partition coefficient (Wildman–Crippen LogP) is 3.03. The summed E-state index contributed by atoms with van der Waals surface area (Å²) >= 11 is 0. The van der Waals surface area contributed by atoms with E-state index in [1.54, 1.807) is 0 Å². The van der Waals surface area contributed by atoms with Gasteiger partial charge in [-0.05, 0) is 49.2 Å². The molecule has 0 radical (unpaired) electrons. The van der Waals surface area contributed by atoms with Crippen molar-refractivity contribution >= 4 is 5.69 Å². The Hall–Kier alpha value is -1.74. The molecule has 0 saturated heterocycles. The van der Waals surface area contributed by atoms with Crippen molar-refractivity contribution in [2.75, 3.05) is 11.9 Å². The van der Waals surface area contributed by atoms with Gasteiger partial charge in [0.15, 0.2) is 0 Å². The Morgan fingerprint density at radius 1 is 1.06 bits per heavy atom. The second-order valence-corrected chi connectivity index (χ2v) is 4.73. The lowest BCUT2D eigenvalue weighted by atomic mass is 10.1. The molecule has 3 heteroatoms. The lowest BCUT2D eigenvalue weighted by Crippen LogP contribution is -2.16. The van der Waals surface area contributed by atoms with E-state index in [0.717, 1.165) is 5.76 Å². The molecule has 3 nitrogen and oxygen atoms in total.